The Morgan fingerprint density at radius 3 is 2.25 bits per heavy atom. The zero-order valence-corrected chi connectivity index (χ0v) is 13.4. The van der Waals surface area contributed by atoms with Crippen LogP contribution in [0.25, 0.3) is 0 Å². The number of nitro benzene ring substituents is 1. The van der Waals surface area contributed by atoms with Crippen LogP contribution in [0, 0.1) is 10.1 Å². The average Bonchev–Trinajstić information content (AvgIpc) is 2.62. The minimum absolute atomic E-state index is 0.0420. The highest BCUT2D eigenvalue weighted by Gasteiger charge is 2.04. The van der Waals surface area contributed by atoms with Gasteiger partial charge in [-0.15, -0.1) is 0 Å². The Hall–Kier alpha value is -2.89. The third-order valence-electron chi connectivity index (χ3n) is 3.58. The zero-order chi connectivity index (χ0) is 17.2. The van der Waals surface area contributed by atoms with Crippen molar-refractivity contribution in [2.24, 2.45) is 0 Å². The number of nitro groups is 1. The number of anilines is 1. The standard InChI is InChI=1S/C18H21N3O3/c22-18(15-7-3-1-4-8-15)20-14-6-2-5-13-19-16-9-11-17(12-10-16)21(23)24/h1,3-4,7-12,19H,2,5-6,13-14H2,(H,20,22). The number of amides is 1. The Morgan fingerprint density at radius 2 is 1.58 bits per heavy atom. The molecule has 2 N–H and O–H groups in total. The molecule has 126 valence electrons. The van der Waals surface area contributed by atoms with Crippen LogP contribution in [0.4, 0.5) is 11.4 Å². The molecule has 0 saturated heterocycles. The highest BCUT2D eigenvalue weighted by Crippen LogP contribution is 2.15. The van der Waals surface area contributed by atoms with Crippen molar-refractivity contribution in [3.63, 3.8) is 0 Å². The Balaban J connectivity index is 1.55. The van der Waals surface area contributed by atoms with Gasteiger partial charge in [0.05, 0.1) is 4.92 Å². The molecule has 0 aliphatic heterocycles. The van der Waals surface area contributed by atoms with Gasteiger partial charge in [0.2, 0.25) is 0 Å². The second-order valence-electron chi connectivity index (χ2n) is 5.41. The van der Waals surface area contributed by atoms with Crippen LogP contribution in [0.5, 0.6) is 0 Å². The van der Waals surface area contributed by atoms with Gasteiger partial charge in [-0.05, 0) is 43.5 Å². The number of non-ortho nitro benzene ring substituents is 1. The molecule has 0 bridgehead atoms. The van der Waals surface area contributed by atoms with Gasteiger partial charge in [0.15, 0.2) is 0 Å². The third-order valence-corrected chi connectivity index (χ3v) is 3.58. The minimum Gasteiger partial charge on any atom is -0.385 e. The highest BCUT2D eigenvalue weighted by atomic mass is 16.6. The fourth-order valence-corrected chi connectivity index (χ4v) is 2.25. The average molecular weight is 327 g/mol. The maximum Gasteiger partial charge on any atom is 0.269 e. The molecule has 0 atom stereocenters. The summed E-state index contributed by atoms with van der Waals surface area (Å²) in [6.45, 7) is 1.45. The van der Waals surface area contributed by atoms with Crippen LogP contribution in [0.1, 0.15) is 29.6 Å². The van der Waals surface area contributed by atoms with Gasteiger partial charge in [0.25, 0.3) is 11.6 Å². The molecule has 6 heteroatoms. The smallest absolute Gasteiger partial charge is 0.269 e. The van der Waals surface area contributed by atoms with Gasteiger partial charge >= 0.3 is 0 Å². The van der Waals surface area contributed by atoms with Crippen LogP contribution in [0.15, 0.2) is 54.6 Å². The topological polar surface area (TPSA) is 84.3 Å². The van der Waals surface area contributed by atoms with Gasteiger partial charge in [-0.1, -0.05) is 18.2 Å². The molecule has 0 heterocycles. The van der Waals surface area contributed by atoms with E-state index in [0.29, 0.717) is 12.1 Å². The van der Waals surface area contributed by atoms with E-state index in [4.69, 9.17) is 0 Å². The number of hydrogen-bond acceptors (Lipinski definition) is 4. The summed E-state index contributed by atoms with van der Waals surface area (Å²) in [4.78, 5) is 22.0. The van der Waals surface area contributed by atoms with Crippen molar-refractivity contribution < 1.29 is 9.72 Å². The van der Waals surface area contributed by atoms with E-state index < -0.39 is 4.92 Å². The van der Waals surface area contributed by atoms with Crippen molar-refractivity contribution in [1.82, 2.24) is 5.32 Å². The first-order valence-electron chi connectivity index (χ1n) is 7.98. The molecule has 2 rings (SSSR count). The fraction of sp³-hybridized carbons (Fsp3) is 0.278. The lowest BCUT2D eigenvalue weighted by molar-refractivity contribution is -0.384. The molecule has 2 aromatic rings. The summed E-state index contributed by atoms with van der Waals surface area (Å²) in [7, 11) is 0. The number of hydrogen-bond donors (Lipinski definition) is 2. The van der Waals surface area contributed by atoms with Gasteiger partial charge < -0.3 is 10.6 Å². The molecule has 0 spiro atoms. The predicted octanol–water partition coefficient (Wildman–Crippen LogP) is 3.61. The summed E-state index contributed by atoms with van der Waals surface area (Å²) in [5.74, 6) is -0.0420. The number of carbonyl (C=O) groups is 1. The van der Waals surface area contributed by atoms with Crippen molar-refractivity contribution in [1.29, 1.82) is 0 Å². The molecule has 0 aliphatic rings. The highest BCUT2D eigenvalue weighted by molar-refractivity contribution is 5.94. The third kappa shape index (κ3) is 5.72. The number of carbonyl (C=O) groups excluding carboxylic acids is 1. The van der Waals surface area contributed by atoms with Crippen molar-refractivity contribution in [2.75, 3.05) is 18.4 Å². The Kier molecular flexibility index (Phi) is 6.76. The summed E-state index contributed by atoms with van der Waals surface area (Å²) in [6, 6.07) is 15.6. The molecular weight excluding hydrogens is 306 g/mol. The number of unbranched alkanes of at least 4 members (excludes halogenated alkanes) is 2. The first kappa shape index (κ1) is 17.5. The molecule has 0 aliphatic carbocycles. The lowest BCUT2D eigenvalue weighted by Crippen LogP contribution is -2.24. The van der Waals surface area contributed by atoms with E-state index in [1.54, 1.807) is 24.3 Å². The van der Waals surface area contributed by atoms with Crippen molar-refractivity contribution in [2.45, 2.75) is 19.3 Å². The van der Waals surface area contributed by atoms with E-state index in [2.05, 4.69) is 10.6 Å². The molecule has 0 saturated carbocycles. The van der Waals surface area contributed by atoms with E-state index in [1.165, 1.54) is 12.1 Å². The van der Waals surface area contributed by atoms with Gasteiger partial charge in [-0.2, -0.15) is 0 Å². The quantitative estimate of drug-likeness (QED) is 0.418. The summed E-state index contributed by atoms with van der Waals surface area (Å²) < 4.78 is 0. The zero-order valence-electron chi connectivity index (χ0n) is 13.4. The number of nitrogens with zero attached hydrogens (tertiary/aromatic N) is 1. The summed E-state index contributed by atoms with van der Waals surface area (Å²) >= 11 is 0. The molecule has 0 aromatic heterocycles. The summed E-state index contributed by atoms with van der Waals surface area (Å²) in [5.41, 5.74) is 1.64. The Labute approximate surface area is 141 Å². The molecule has 2 aromatic carbocycles. The molecule has 1 amide bonds. The summed E-state index contributed by atoms with van der Waals surface area (Å²) in [5, 5.41) is 16.7. The second kappa shape index (κ2) is 9.29. The predicted molar refractivity (Wildman–Crippen MR) is 94.2 cm³/mol. The van der Waals surface area contributed by atoms with Crippen molar-refractivity contribution in [3.8, 4) is 0 Å². The molecule has 24 heavy (non-hydrogen) atoms. The Bertz CT molecular complexity index is 657. The first-order chi connectivity index (χ1) is 11.7. The fourth-order valence-electron chi connectivity index (χ4n) is 2.25. The van der Waals surface area contributed by atoms with Crippen LogP contribution in [0.2, 0.25) is 0 Å². The van der Waals surface area contributed by atoms with E-state index in [1.807, 2.05) is 18.2 Å². The van der Waals surface area contributed by atoms with Crippen molar-refractivity contribution >= 4 is 17.3 Å². The van der Waals surface area contributed by atoms with Gasteiger partial charge in [-0.25, -0.2) is 0 Å². The molecule has 0 fully saturated rings. The van der Waals surface area contributed by atoms with Crippen LogP contribution < -0.4 is 10.6 Å². The molecule has 6 nitrogen and oxygen atoms in total. The largest absolute Gasteiger partial charge is 0.385 e. The number of nitrogens with one attached hydrogen (secondary N) is 2. The van der Waals surface area contributed by atoms with Crippen LogP contribution in [-0.2, 0) is 0 Å². The molecular formula is C18H21N3O3. The second-order valence-corrected chi connectivity index (χ2v) is 5.41. The van der Waals surface area contributed by atoms with Gasteiger partial charge in [0.1, 0.15) is 0 Å². The van der Waals surface area contributed by atoms with Crippen LogP contribution in [-0.4, -0.2) is 23.9 Å². The van der Waals surface area contributed by atoms with E-state index in [9.17, 15) is 14.9 Å². The maximum atomic E-state index is 11.8. The monoisotopic (exact) mass is 327 g/mol. The van der Waals surface area contributed by atoms with Crippen LogP contribution in [0.3, 0.4) is 0 Å². The van der Waals surface area contributed by atoms with Gasteiger partial charge in [-0.3, -0.25) is 14.9 Å². The number of benzene rings is 2. The number of rotatable bonds is 9. The van der Waals surface area contributed by atoms with E-state index in [-0.39, 0.29) is 11.6 Å². The van der Waals surface area contributed by atoms with Crippen LogP contribution >= 0.6 is 0 Å². The normalized spacial score (nSPS) is 10.2. The maximum absolute atomic E-state index is 11.8. The minimum atomic E-state index is -0.409. The Morgan fingerprint density at radius 1 is 0.917 bits per heavy atom. The lowest BCUT2D eigenvalue weighted by Gasteiger charge is -2.07. The van der Waals surface area contributed by atoms with Crippen molar-refractivity contribution in [3.05, 3.63) is 70.3 Å². The molecule has 0 radical (unpaired) electrons. The van der Waals surface area contributed by atoms with E-state index in [0.717, 1.165) is 31.5 Å². The first-order valence-corrected chi connectivity index (χ1v) is 7.98. The lowest BCUT2D eigenvalue weighted by atomic mass is 10.2. The summed E-state index contributed by atoms with van der Waals surface area (Å²) in [6.07, 6.45) is 2.88. The van der Waals surface area contributed by atoms with Gasteiger partial charge in [0, 0.05) is 36.5 Å². The molecule has 0 unspecified atom stereocenters. The SMILES string of the molecule is O=C(NCCCCCNc1ccc([N+](=O)[O-])cc1)c1ccccc1. The van der Waals surface area contributed by atoms with E-state index >= 15 is 0 Å².